The SMILES string of the molecule is CC(=O)C1CCCCN1c1nccn2nc(C)cc12. The normalized spacial score (nSPS) is 19.9. The summed E-state index contributed by atoms with van der Waals surface area (Å²) in [6.45, 7) is 4.53. The second kappa shape index (κ2) is 4.64. The van der Waals surface area contributed by atoms with Crippen LogP contribution in [0.4, 0.5) is 5.82 Å². The Labute approximate surface area is 112 Å². The zero-order valence-corrected chi connectivity index (χ0v) is 11.3. The van der Waals surface area contributed by atoms with Crippen molar-refractivity contribution in [3.8, 4) is 0 Å². The van der Waals surface area contributed by atoms with Gasteiger partial charge in [0.15, 0.2) is 11.6 Å². The van der Waals surface area contributed by atoms with Gasteiger partial charge in [0, 0.05) is 18.9 Å². The molecule has 0 aliphatic carbocycles. The van der Waals surface area contributed by atoms with Crippen LogP contribution >= 0.6 is 0 Å². The van der Waals surface area contributed by atoms with E-state index < -0.39 is 0 Å². The molecular weight excluding hydrogens is 240 g/mol. The van der Waals surface area contributed by atoms with Crippen molar-refractivity contribution < 1.29 is 4.79 Å². The van der Waals surface area contributed by atoms with Crippen LogP contribution < -0.4 is 4.90 Å². The van der Waals surface area contributed by atoms with E-state index in [0.717, 1.165) is 42.8 Å². The maximum absolute atomic E-state index is 11.8. The monoisotopic (exact) mass is 258 g/mol. The van der Waals surface area contributed by atoms with Crippen LogP contribution in [-0.4, -0.2) is 33.0 Å². The van der Waals surface area contributed by atoms with Crippen LogP contribution in [0.3, 0.4) is 0 Å². The number of hydrogen-bond donors (Lipinski definition) is 0. The van der Waals surface area contributed by atoms with Crippen LogP contribution in [0.5, 0.6) is 0 Å². The highest BCUT2D eigenvalue weighted by atomic mass is 16.1. The molecule has 2 aromatic heterocycles. The van der Waals surface area contributed by atoms with Gasteiger partial charge in [0.2, 0.25) is 0 Å². The molecule has 2 aromatic rings. The number of carbonyl (C=O) groups is 1. The first-order valence-electron chi connectivity index (χ1n) is 6.75. The Balaban J connectivity index is 2.09. The van der Waals surface area contributed by atoms with Gasteiger partial charge in [-0.15, -0.1) is 0 Å². The molecule has 1 fully saturated rings. The number of Topliss-reactive ketones (excluding diaryl/α,β-unsaturated/α-hetero) is 1. The van der Waals surface area contributed by atoms with E-state index in [0.29, 0.717) is 0 Å². The van der Waals surface area contributed by atoms with Crippen molar-refractivity contribution in [2.45, 2.75) is 39.2 Å². The van der Waals surface area contributed by atoms with E-state index >= 15 is 0 Å². The van der Waals surface area contributed by atoms with Gasteiger partial charge in [-0.2, -0.15) is 5.10 Å². The lowest BCUT2D eigenvalue weighted by Gasteiger charge is -2.35. The van der Waals surface area contributed by atoms with Gasteiger partial charge in [-0.25, -0.2) is 9.50 Å². The number of piperidine rings is 1. The molecule has 19 heavy (non-hydrogen) atoms. The molecule has 0 spiro atoms. The van der Waals surface area contributed by atoms with E-state index in [-0.39, 0.29) is 11.8 Å². The van der Waals surface area contributed by atoms with Gasteiger partial charge in [-0.1, -0.05) is 0 Å². The first-order valence-corrected chi connectivity index (χ1v) is 6.75. The van der Waals surface area contributed by atoms with Crippen molar-refractivity contribution in [1.82, 2.24) is 14.6 Å². The first-order chi connectivity index (χ1) is 9.16. The second-order valence-electron chi connectivity index (χ2n) is 5.18. The van der Waals surface area contributed by atoms with Gasteiger partial charge in [0.05, 0.1) is 11.7 Å². The fraction of sp³-hybridized carbons (Fsp3) is 0.500. The minimum absolute atomic E-state index is 0.0392. The van der Waals surface area contributed by atoms with Gasteiger partial charge < -0.3 is 4.90 Å². The third-order valence-electron chi connectivity index (χ3n) is 3.74. The topological polar surface area (TPSA) is 50.5 Å². The summed E-state index contributed by atoms with van der Waals surface area (Å²) in [5, 5.41) is 4.40. The largest absolute Gasteiger partial charge is 0.345 e. The number of fused-ring (bicyclic) bond motifs is 1. The number of anilines is 1. The molecular formula is C14H18N4O. The number of carbonyl (C=O) groups excluding carboxylic acids is 1. The maximum Gasteiger partial charge on any atom is 0.155 e. The lowest BCUT2D eigenvalue weighted by molar-refractivity contribution is -0.118. The maximum atomic E-state index is 11.8. The van der Waals surface area contributed by atoms with Gasteiger partial charge in [-0.3, -0.25) is 4.79 Å². The number of aromatic nitrogens is 3. The third-order valence-corrected chi connectivity index (χ3v) is 3.74. The molecule has 0 radical (unpaired) electrons. The molecule has 0 bridgehead atoms. The highest BCUT2D eigenvalue weighted by molar-refractivity contribution is 5.86. The standard InChI is InChI=1S/C14H18N4O/c1-10-9-13-14(15-6-8-18(13)16-10)17-7-4-3-5-12(17)11(2)19/h6,8-9,12H,3-5,7H2,1-2H3. The summed E-state index contributed by atoms with van der Waals surface area (Å²) in [4.78, 5) is 18.5. The molecule has 100 valence electrons. The van der Waals surface area contributed by atoms with Gasteiger partial charge in [0.1, 0.15) is 5.52 Å². The van der Waals surface area contributed by atoms with E-state index in [1.165, 1.54) is 0 Å². The predicted octanol–water partition coefficient (Wildman–Crippen LogP) is 1.99. The summed E-state index contributed by atoms with van der Waals surface area (Å²) in [6.07, 6.45) is 6.74. The average molecular weight is 258 g/mol. The Bertz CT molecular complexity index is 619. The van der Waals surface area contributed by atoms with E-state index in [4.69, 9.17) is 0 Å². The molecule has 1 saturated heterocycles. The Hall–Kier alpha value is -1.91. The van der Waals surface area contributed by atoms with Crippen molar-refractivity contribution >= 4 is 17.1 Å². The molecule has 1 unspecified atom stereocenters. The lowest BCUT2D eigenvalue weighted by atomic mass is 9.99. The van der Waals surface area contributed by atoms with E-state index in [9.17, 15) is 4.79 Å². The highest BCUT2D eigenvalue weighted by Crippen LogP contribution is 2.27. The van der Waals surface area contributed by atoms with Crippen LogP contribution in [0.25, 0.3) is 5.52 Å². The Kier molecular flexibility index (Phi) is 2.97. The molecule has 5 nitrogen and oxygen atoms in total. The van der Waals surface area contributed by atoms with Crippen molar-refractivity contribution in [3.05, 3.63) is 24.2 Å². The van der Waals surface area contributed by atoms with Gasteiger partial charge >= 0.3 is 0 Å². The van der Waals surface area contributed by atoms with Crippen molar-refractivity contribution in [1.29, 1.82) is 0 Å². The van der Waals surface area contributed by atoms with Crippen molar-refractivity contribution in [2.24, 2.45) is 0 Å². The average Bonchev–Trinajstić information content (AvgIpc) is 2.78. The van der Waals surface area contributed by atoms with Crippen LogP contribution in [-0.2, 0) is 4.79 Å². The molecule has 1 atom stereocenters. The fourth-order valence-corrected chi connectivity index (χ4v) is 2.86. The molecule has 3 heterocycles. The quantitative estimate of drug-likeness (QED) is 0.826. The Morgan fingerprint density at radius 3 is 3.05 bits per heavy atom. The van der Waals surface area contributed by atoms with E-state index in [1.807, 2.05) is 23.7 Å². The zero-order chi connectivity index (χ0) is 13.4. The summed E-state index contributed by atoms with van der Waals surface area (Å²) < 4.78 is 1.84. The summed E-state index contributed by atoms with van der Waals surface area (Å²) >= 11 is 0. The predicted molar refractivity (Wildman–Crippen MR) is 73.4 cm³/mol. The summed E-state index contributed by atoms with van der Waals surface area (Å²) in [6, 6.07) is 1.98. The van der Waals surface area contributed by atoms with Crippen LogP contribution in [0.2, 0.25) is 0 Å². The molecule has 0 aromatic carbocycles. The van der Waals surface area contributed by atoms with Crippen LogP contribution in [0.15, 0.2) is 18.5 Å². The first kappa shape index (κ1) is 12.1. The number of nitrogens with zero attached hydrogens (tertiary/aromatic N) is 4. The Morgan fingerprint density at radius 2 is 2.26 bits per heavy atom. The van der Waals surface area contributed by atoms with Crippen LogP contribution in [0, 0.1) is 6.92 Å². The highest BCUT2D eigenvalue weighted by Gasteiger charge is 2.28. The van der Waals surface area contributed by atoms with Crippen molar-refractivity contribution in [3.63, 3.8) is 0 Å². The number of hydrogen-bond acceptors (Lipinski definition) is 4. The van der Waals surface area contributed by atoms with Crippen LogP contribution in [0.1, 0.15) is 31.9 Å². The van der Waals surface area contributed by atoms with Gasteiger partial charge in [-0.05, 0) is 39.2 Å². The zero-order valence-electron chi connectivity index (χ0n) is 11.3. The second-order valence-corrected chi connectivity index (χ2v) is 5.18. The number of rotatable bonds is 2. The molecule has 1 aliphatic heterocycles. The molecule has 3 rings (SSSR count). The molecule has 0 saturated carbocycles. The lowest BCUT2D eigenvalue weighted by Crippen LogP contribution is -2.44. The molecule has 1 aliphatic rings. The van der Waals surface area contributed by atoms with Gasteiger partial charge in [0.25, 0.3) is 0 Å². The molecule has 5 heteroatoms. The Morgan fingerprint density at radius 1 is 1.42 bits per heavy atom. The van der Waals surface area contributed by atoms with E-state index in [2.05, 4.69) is 15.0 Å². The smallest absolute Gasteiger partial charge is 0.155 e. The molecule has 0 amide bonds. The third kappa shape index (κ3) is 2.09. The number of aryl methyl sites for hydroxylation is 1. The van der Waals surface area contributed by atoms with Crippen molar-refractivity contribution in [2.75, 3.05) is 11.4 Å². The molecule has 0 N–H and O–H groups in total. The minimum atomic E-state index is -0.0392. The summed E-state index contributed by atoms with van der Waals surface area (Å²) in [5.41, 5.74) is 1.94. The summed E-state index contributed by atoms with van der Waals surface area (Å²) in [5.74, 6) is 1.10. The fourth-order valence-electron chi connectivity index (χ4n) is 2.86. The number of ketones is 1. The minimum Gasteiger partial charge on any atom is -0.345 e. The summed E-state index contributed by atoms with van der Waals surface area (Å²) in [7, 11) is 0. The van der Waals surface area contributed by atoms with E-state index in [1.54, 1.807) is 13.1 Å².